The van der Waals surface area contributed by atoms with Gasteiger partial charge in [0, 0.05) is 12.8 Å². The van der Waals surface area contributed by atoms with Crippen LogP contribution in [-0.2, 0) is 9.59 Å². The van der Waals surface area contributed by atoms with Crippen molar-refractivity contribution < 1.29 is 9.59 Å². The van der Waals surface area contributed by atoms with Crippen molar-refractivity contribution in [3.63, 3.8) is 0 Å². The van der Waals surface area contributed by atoms with Crippen LogP contribution in [0.1, 0.15) is 25.7 Å². The quantitative estimate of drug-likeness (QED) is 0.318. The molecule has 0 spiro atoms. The van der Waals surface area contributed by atoms with Crippen molar-refractivity contribution in [2.75, 3.05) is 0 Å². The maximum Gasteiger partial charge on any atom is 0.155 e. The molecular weight excluding hydrogens is 128 g/mol. The molecular formula is C8H12O2. The van der Waals surface area contributed by atoms with Gasteiger partial charge < -0.3 is 4.79 Å². The molecule has 10 heavy (non-hydrogen) atoms. The Morgan fingerprint density at radius 2 is 2.10 bits per heavy atom. The smallest absolute Gasteiger partial charge is 0.155 e. The van der Waals surface area contributed by atoms with Crippen molar-refractivity contribution >= 4 is 12.1 Å². The number of carbonyl (C=O) groups is 2. The number of unbranched alkanes of at least 4 members (excludes halogenated alkanes) is 2. The minimum absolute atomic E-state index is 0.0610. The van der Waals surface area contributed by atoms with E-state index in [4.69, 9.17) is 0 Å². The fourth-order valence-electron chi connectivity index (χ4n) is 0.629. The molecule has 0 bridgehead atoms. The SMILES string of the molecule is C=CC(=O)CCCCC=O. The van der Waals surface area contributed by atoms with Crippen LogP contribution in [0.15, 0.2) is 12.7 Å². The number of hydrogen-bond acceptors (Lipinski definition) is 2. The van der Waals surface area contributed by atoms with E-state index >= 15 is 0 Å². The molecule has 0 aromatic heterocycles. The van der Waals surface area contributed by atoms with Gasteiger partial charge in [-0.1, -0.05) is 6.58 Å². The van der Waals surface area contributed by atoms with Gasteiger partial charge in [0.25, 0.3) is 0 Å². The molecule has 0 N–H and O–H groups in total. The number of ketones is 1. The summed E-state index contributed by atoms with van der Waals surface area (Å²) in [5.41, 5.74) is 0. The second kappa shape index (κ2) is 6.20. The summed E-state index contributed by atoms with van der Waals surface area (Å²) in [7, 11) is 0. The highest BCUT2D eigenvalue weighted by molar-refractivity contribution is 5.88. The third kappa shape index (κ3) is 5.22. The van der Waals surface area contributed by atoms with Crippen LogP contribution in [0.3, 0.4) is 0 Å². The van der Waals surface area contributed by atoms with E-state index in [1.54, 1.807) is 0 Å². The summed E-state index contributed by atoms with van der Waals surface area (Å²) in [6.07, 6.45) is 4.88. The second-order valence-corrected chi connectivity index (χ2v) is 2.08. The first kappa shape index (κ1) is 9.08. The lowest BCUT2D eigenvalue weighted by atomic mass is 10.1. The van der Waals surface area contributed by atoms with Gasteiger partial charge >= 0.3 is 0 Å². The van der Waals surface area contributed by atoms with Gasteiger partial charge in [-0.25, -0.2) is 0 Å². The molecule has 0 saturated carbocycles. The molecule has 0 rings (SSSR count). The van der Waals surface area contributed by atoms with Crippen LogP contribution in [-0.4, -0.2) is 12.1 Å². The third-order valence-corrected chi connectivity index (χ3v) is 1.22. The number of aldehydes is 1. The molecule has 2 heteroatoms. The maximum absolute atomic E-state index is 10.6. The summed E-state index contributed by atoms with van der Waals surface area (Å²) in [5, 5.41) is 0. The van der Waals surface area contributed by atoms with E-state index in [-0.39, 0.29) is 5.78 Å². The summed E-state index contributed by atoms with van der Waals surface area (Å²) >= 11 is 0. The zero-order valence-corrected chi connectivity index (χ0v) is 6.01. The Morgan fingerprint density at radius 1 is 1.40 bits per heavy atom. The molecule has 0 aromatic rings. The number of allylic oxidation sites excluding steroid dienone is 1. The number of carbonyl (C=O) groups excluding carboxylic acids is 2. The molecule has 0 fully saturated rings. The van der Waals surface area contributed by atoms with E-state index in [0.29, 0.717) is 12.8 Å². The van der Waals surface area contributed by atoms with E-state index in [2.05, 4.69) is 6.58 Å². The predicted octanol–water partition coefficient (Wildman–Crippen LogP) is 1.50. The summed E-state index contributed by atoms with van der Waals surface area (Å²) in [6, 6.07) is 0. The fraction of sp³-hybridized carbons (Fsp3) is 0.500. The van der Waals surface area contributed by atoms with Crippen LogP contribution < -0.4 is 0 Å². The van der Waals surface area contributed by atoms with E-state index in [1.807, 2.05) is 0 Å². The lowest BCUT2D eigenvalue weighted by Gasteiger charge is -1.91. The Kier molecular flexibility index (Phi) is 5.63. The average molecular weight is 140 g/mol. The van der Waals surface area contributed by atoms with Crippen molar-refractivity contribution in [2.24, 2.45) is 0 Å². The highest BCUT2D eigenvalue weighted by Crippen LogP contribution is 1.98. The van der Waals surface area contributed by atoms with Gasteiger partial charge in [-0.15, -0.1) is 0 Å². The maximum atomic E-state index is 10.6. The molecule has 0 aliphatic rings. The van der Waals surface area contributed by atoms with Gasteiger partial charge in [0.1, 0.15) is 6.29 Å². The van der Waals surface area contributed by atoms with Gasteiger partial charge in [-0.05, 0) is 18.9 Å². The van der Waals surface area contributed by atoms with E-state index < -0.39 is 0 Å². The first-order valence-electron chi connectivity index (χ1n) is 3.40. The fourth-order valence-corrected chi connectivity index (χ4v) is 0.629. The molecule has 0 atom stereocenters. The number of hydrogen-bond donors (Lipinski definition) is 0. The summed E-state index contributed by atoms with van der Waals surface area (Å²) in [4.78, 5) is 20.4. The Balaban J connectivity index is 3.11. The van der Waals surface area contributed by atoms with E-state index in [0.717, 1.165) is 19.1 Å². The van der Waals surface area contributed by atoms with Crippen molar-refractivity contribution in [1.82, 2.24) is 0 Å². The van der Waals surface area contributed by atoms with Crippen molar-refractivity contribution in [3.05, 3.63) is 12.7 Å². The van der Waals surface area contributed by atoms with Gasteiger partial charge in [0.05, 0.1) is 0 Å². The summed E-state index contributed by atoms with van der Waals surface area (Å²) in [6.45, 7) is 3.34. The van der Waals surface area contributed by atoms with Crippen molar-refractivity contribution in [1.29, 1.82) is 0 Å². The van der Waals surface area contributed by atoms with Crippen LogP contribution >= 0.6 is 0 Å². The Labute approximate surface area is 60.9 Å². The van der Waals surface area contributed by atoms with Crippen LogP contribution in [0.5, 0.6) is 0 Å². The van der Waals surface area contributed by atoms with Crippen LogP contribution in [0, 0.1) is 0 Å². The van der Waals surface area contributed by atoms with Crippen LogP contribution in [0.25, 0.3) is 0 Å². The van der Waals surface area contributed by atoms with Gasteiger partial charge in [0.2, 0.25) is 0 Å². The lowest BCUT2D eigenvalue weighted by molar-refractivity contribution is -0.115. The first-order chi connectivity index (χ1) is 4.81. The molecule has 2 nitrogen and oxygen atoms in total. The molecule has 0 aliphatic carbocycles. The summed E-state index contributed by atoms with van der Waals surface area (Å²) < 4.78 is 0. The number of rotatable bonds is 6. The normalized spacial score (nSPS) is 8.80. The monoisotopic (exact) mass is 140 g/mol. The Morgan fingerprint density at radius 3 is 2.60 bits per heavy atom. The molecule has 0 unspecified atom stereocenters. The standard InChI is InChI=1S/C8H12O2/c1-2-8(10)6-4-3-5-7-9/h2,7H,1,3-6H2. The highest BCUT2D eigenvalue weighted by atomic mass is 16.1. The molecule has 0 amide bonds. The van der Waals surface area contributed by atoms with Crippen molar-refractivity contribution in [3.8, 4) is 0 Å². The zero-order valence-electron chi connectivity index (χ0n) is 6.01. The third-order valence-electron chi connectivity index (χ3n) is 1.22. The van der Waals surface area contributed by atoms with Gasteiger partial charge in [-0.2, -0.15) is 0 Å². The second-order valence-electron chi connectivity index (χ2n) is 2.08. The Bertz CT molecular complexity index is 127. The van der Waals surface area contributed by atoms with Crippen LogP contribution in [0.4, 0.5) is 0 Å². The van der Waals surface area contributed by atoms with Crippen molar-refractivity contribution in [2.45, 2.75) is 25.7 Å². The van der Waals surface area contributed by atoms with E-state index in [9.17, 15) is 9.59 Å². The first-order valence-corrected chi connectivity index (χ1v) is 3.40. The zero-order chi connectivity index (χ0) is 7.82. The predicted molar refractivity (Wildman–Crippen MR) is 39.7 cm³/mol. The lowest BCUT2D eigenvalue weighted by Crippen LogP contribution is -1.90. The van der Waals surface area contributed by atoms with E-state index in [1.165, 1.54) is 6.08 Å². The molecule has 0 heterocycles. The topological polar surface area (TPSA) is 34.1 Å². The minimum Gasteiger partial charge on any atom is -0.303 e. The van der Waals surface area contributed by atoms with Gasteiger partial charge in [-0.3, -0.25) is 4.79 Å². The minimum atomic E-state index is 0.0610. The highest BCUT2D eigenvalue weighted by Gasteiger charge is 1.93. The van der Waals surface area contributed by atoms with Crippen LogP contribution in [0.2, 0.25) is 0 Å². The van der Waals surface area contributed by atoms with Gasteiger partial charge in [0.15, 0.2) is 5.78 Å². The molecule has 0 radical (unpaired) electrons. The molecule has 0 saturated heterocycles. The Hall–Kier alpha value is -0.920. The largest absolute Gasteiger partial charge is 0.303 e. The molecule has 0 aliphatic heterocycles. The summed E-state index contributed by atoms with van der Waals surface area (Å²) in [5.74, 6) is 0.0610. The molecule has 0 aromatic carbocycles. The average Bonchev–Trinajstić information content (AvgIpc) is 1.98. The molecule has 56 valence electrons.